The molecule has 3 nitrogen and oxygen atoms in total. The van der Waals surface area contributed by atoms with Gasteiger partial charge in [0.05, 0.1) is 0 Å². The lowest BCUT2D eigenvalue weighted by molar-refractivity contribution is -0.118. The number of rotatable bonds is 4. The summed E-state index contributed by atoms with van der Waals surface area (Å²) >= 11 is 0. The maximum Gasteiger partial charge on any atom is 0.209 e. The first-order chi connectivity index (χ1) is 4.22. The Kier molecular flexibility index (Phi) is 4.05. The summed E-state index contributed by atoms with van der Waals surface area (Å²) in [5.74, 6) is 0. The van der Waals surface area contributed by atoms with Crippen LogP contribution in [0.2, 0.25) is 0 Å². The van der Waals surface area contributed by atoms with Gasteiger partial charge in [-0.25, -0.2) is 0 Å². The first-order valence-electron chi connectivity index (χ1n) is 3.04. The fraction of sp³-hybridized carbons (Fsp3) is 0.833. The largest absolute Gasteiger partial charge is 0.344 e. The number of hydrogen-bond donors (Lipinski definition) is 1. The van der Waals surface area contributed by atoms with Crippen molar-refractivity contribution in [2.75, 3.05) is 20.6 Å². The SMILES string of the molecule is CNCC(C)N(C)C=O. The first-order valence-corrected chi connectivity index (χ1v) is 3.04. The molecule has 0 aliphatic carbocycles. The third kappa shape index (κ3) is 3.08. The Balaban J connectivity index is 3.44. The van der Waals surface area contributed by atoms with Crippen LogP contribution in [0.4, 0.5) is 0 Å². The quantitative estimate of drug-likeness (QED) is 0.529. The molecule has 0 heterocycles. The maximum atomic E-state index is 10.1. The van der Waals surface area contributed by atoms with E-state index in [1.807, 2.05) is 14.0 Å². The van der Waals surface area contributed by atoms with Gasteiger partial charge in [-0.05, 0) is 14.0 Å². The van der Waals surface area contributed by atoms with Crippen LogP contribution in [0.15, 0.2) is 0 Å². The molecule has 0 aromatic rings. The molecule has 1 amide bonds. The third-order valence-electron chi connectivity index (χ3n) is 1.36. The van der Waals surface area contributed by atoms with Crippen molar-refractivity contribution >= 4 is 6.41 Å². The lowest BCUT2D eigenvalue weighted by Gasteiger charge is -2.19. The highest BCUT2D eigenvalue weighted by Crippen LogP contribution is 1.87. The average molecular weight is 130 g/mol. The van der Waals surface area contributed by atoms with Gasteiger partial charge in [0.25, 0.3) is 0 Å². The molecule has 1 N–H and O–H groups in total. The van der Waals surface area contributed by atoms with E-state index in [4.69, 9.17) is 0 Å². The third-order valence-corrected chi connectivity index (χ3v) is 1.36. The predicted molar refractivity (Wildman–Crippen MR) is 37.2 cm³/mol. The Morgan fingerprint density at radius 2 is 2.33 bits per heavy atom. The van der Waals surface area contributed by atoms with Crippen LogP contribution in [0.5, 0.6) is 0 Å². The number of nitrogens with one attached hydrogen (secondary N) is 1. The molecule has 0 aromatic heterocycles. The minimum absolute atomic E-state index is 0.285. The van der Waals surface area contributed by atoms with Gasteiger partial charge in [-0.15, -0.1) is 0 Å². The fourth-order valence-electron chi connectivity index (χ4n) is 0.543. The van der Waals surface area contributed by atoms with Crippen LogP contribution < -0.4 is 5.32 Å². The van der Waals surface area contributed by atoms with Gasteiger partial charge >= 0.3 is 0 Å². The van der Waals surface area contributed by atoms with Crippen molar-refractivity contribution in [1.82, 2.24) is 10.2 Å². The number of amides is 1. The summed E-state index contributed by atoms with van der Waals surface area (Å²) in [6.45, 7) is 2.83. The van der Waals surface area contributed by atoms with Crippen molar-refractivity contribution in [3.05, 3.63) is 0 Å². The second-order valence-electron chi connectivity index (χ2n) is 2.18. The minimum atomic E-state index is 0.285. The van der Waals surface area contributed by atoms with E-state index in [1.165, 1.54) is 0 Å². The molecule has 0 radical (unpaired) electrons. The molecular weight excluding hydrogens is 116 g/mol. The molecule has 0 bridgehead atoms. The van der Waals surface area contributed by atoms with Gasteiger partial charge in [-0.3, -0.25) is 4.79 Å². The average Bonchev–Trinajstić information content (AvgIpc) is 1.87. The number of carbonyl (C=O) groups is 1. The van der Waals surface area contributed by atoms with E-state index in [0.29, 0.717) is 0 Å². The van der Waals surface area contributed by atoms with E-state index in [2.05, 4.69) is 5.32 Å². The number of hydrogen-bond acceptors (Lipinski definition) is 2. The molecule has 1 unspecified atom stereocenters. The normalized spacial score (nSPS) is 12.8. The van der Waals surface area contributed by atoms with Crippen LogP contribution in [0.3, 0.4) is 0 Å². The van der Waals surface area contributed by atoms with Gasteiger partial charge in [-0.1, -0.05) is 0 Å². The molecule has 0 aliphatic heterocycles. The fourth-order valence-corrected chi connectivity index (χ4v) is 0.543. The molecule has 54 valence electrons. The highest BCUT2D eigenvalue weighted by atomic mass is 16.1. The summed E-state index contributed by atoms with van der Waals surface area (Å²) in [7, 11) is 3.64. The van der Waals surface area contributed by atoms with Gasteiger partial charge in [-0.2, -0.15) is 0 Å². The van der Waals surface area contributed by atoms with Crippen LogP contribution in [0.1, 0.15) is 6.92 Å². The Morgan fingerprint density at radius 1 is 1.78 bits per heavy atom. The molecule has 0 saturated carbocycles. The molecule has 0 spiro atoms. The minimum Gasteiger partial charge on any atom is -0.344 e. The summed E-state index contributed by atoms with van der Waals surface area (Å²) in [5.41, 5.74) is 0. The second kappa shape index (κ2) is 4.32. The van der Waals surface area contributed by atoms with Gasteiger partial charge in [0.15, 0.2) is 0 Å². The topological polar surface area (TPSA) is 32.3 Å². The second-order valence-corrected chi connectivity index (χ2v) is 2.18. The van der Waals surface area contributed by atoms with Crippen molar-refractivity contribution in [3.8, 4) is 0 Å². The predicted octanol–water partition coefficient (Wildman–Crippen LogP) is -0.317. The summed E-state index contributed by atoms with van der Waals surface area (Å²) in [5, 5.41) is 2.98. The molecule has 3 heteroatoms. The number of likely N-dealkylation sites (N-methyl/N-ethyl adjacent to an activating group) is 2. The van der Waals surface area contributed by atoms with Crippen LogP contribution in [0.25, 0.3) is 0 Å². The van der Waals surface area contributed by atoms with E-state index in [0.717, 1.165) is 13.0 Å². The Hall–Kier alpha value is -0.570. The Labute approximate surface area is 56.0 Å². The van der Waals surface area contributed by atoms with Gasteiger partial charge in [0, 0.05) is 19.6 Å². The highest BCUT2D eigenvalue weighted by Gasteiger charge is 2.02. The lowest BCUT2D eigenvalue weighted by Crippen LogP contribution is -2.35. The maximum absolute atomic E-state index is 10.1. The first kappa shape index (κ1) is 8.43. The van der Waals surface area contributed by atoms with E-state index in [-0.39, 0.29) is 6.04 Å². The Morgan fingerprint density at radius 3 is 2.67 bits per heavy atom. The molecule has 0 fully saturated rings. The zero-order chi connectivity index (χ0) is 7.28. The number of carbonyl (C=O) groups excluding carboxylic acids is 1. The highest BCUT2D eigenvalue weighted by molar-refractivity contribution is 5.46. The molecule has 0 rings (SSSR count). The van der Waals surface area contributed by atoms with Crippen molar-refractivity contribution < 1.29 is 4.79 Å². The van der Waals surface area contributed by atoms with Gasteiger partial charge in [0.2, 0.25) is 6.41 Å². The molecule has 0 saturated heterocycles. The van der Waals surface area contributed by atoms with E-state index in [1.54, 1.807) is 11.9 Å². The molecule has 0 aliphatic rings. The van der Waals surface area contributed by atoms with Crippen molar-refractivity contribution in [2.45, 2.75) is 13.0 Å². The van der Waals surface area contributed by atoms with Gasteiger partial charge < -0.3 is 10.2 Å². The zero-order valence-electron chi connectivity index (χ0n) is 6.22. The van der Waals surface area contributed by atoms with E-state index < -0.39 is 0 Å². The smallest absolute Gasteiger partial charge is 0.209 e. The summed E-state index contributed by atoms with van der Waals surface area (Å²) in [6, 6.07) is 0.285. The zero-order valence-corrected chi connectivity index (χ0v) is 6.22. The summed E-state index contributed by atoms with van der Waals surface area (Å²) < 4.78 is 0. The summed E-state index contributed by atoms with van der Waals surface area (Å²) in [6.07, 6.45) is 0.835. The number of nitrogens with zero attached hydrogens (tertiary/aromatic N) is 1. The Bertz CT molecular complexity index is 85.1. The summed E-state index contributed by atoms with van der Waals surface area (Å²) in [4.78, 5) is 11.8. The molecule has 9 heavy (non-hydrogen) atoms. The van der Waals surface area contributed by atoms with Gasteiger partial charge in [0.1, 0.15) is 0 Å². The standard InChI is InChI=1S/C6H14N2O/c1-6(4-7-2)8(3)5-9/h5-7H,4H2,1-3H3. The van der Waals surface area contributed by atoms with Crippen molar-refractivity contribution in [1.29, 1.82) is 0 Å². The van der Waals surface area contributed by atoms with E-state index in [9.17, 15) is 4.79 Å². The van der Waals surface area contributed by atoms with Crippen LogP contribution in [-0.4, -0.2) is 38.0 Å². The monoisotopic (exact) mass is 130 g/mol. The van der Waals surface area contributed by atoms with E-state index >= 15 is 0 Å². The lowest BCUT2D eigenvalue weighted by atomic mass is 10.3. The molecule has 0 aromatic carbocycles. The van der Waals surface area contributed by atoms with Crippen LogP contribution >= 0.6 is 0 Å². The van der Waals surface area contributed by atoms with Crippen LogP contribution in [-0.2, 0) is 4.79 Å². The molecular formula is C6H14N2O. The van der Waals surface area contributed by atoms with Crippen molar-refractivity contribution in [3.63, 3.8) is 0 Å². The van der Waals surface area contributed by atoms with Crippen molar-refractivity contribution in [2.24, 2.45) is 0 Å². The molecule has 1 atom stereocenters. The van der Waals surface area contributed by atoms with Crippen LogP contribution in [0, 0.1) is 0 Å².